The summed E-state index contributed by atoms with van der Waals surface area (Å²) in [6.45, 7) is 0.198. The van der Waals surface area contributed by atoms with E-state index in [4.69, 9.17) is 5.11 Å². The fourth-order valence-electron chi connectivity index (χ4n) is 2.41. The molecule has 5 nitrogen and oxygen atoms in total. The van der Waals surface area contributed by atoms with Gasteiger partial charge in [-0.05, 0) is 11.6 Å². The molecule has 1 aliphatic heterocycles. The fraction of sp³-hybridized carbons (Fsp3) is 0.308. The smallest absolute Gasteiger partial charge is 0.358 e. The zero-order valence-corrected chi connectivity index (χ0v) is 11.6. The average Bonchev–Trinajstić information content (AvgIpc) is 3.04. The maximum atomic E-state index is 13.1. The minimum absolute atomic E-state index is 0.0204. The highest BCUT2D eigenvalue weighted by atomic mass is 32.2. The lowest BCUT2D eigenvalue weighted by Crippen LogP contribution is -2.14. The fourth-order valence-corrected chi connectivity index (χ4v) is 3.65. The summed E-state index contributed by atoms with van der Waals surface area (Å²) in [6.07, 6.45) is -2.92. The maximum Gasteiger partial charge on any atom is 0.358 e. The standard InChI is InChI=1S/C13H11F2N3O2S/c14-12(15)11-10(13(19)20)16-17-18(11)5-7-6-21-9-4-2-1-3-8(7)9/h1-4,7,12H,5-6H2,(H,19,20). The van der Waals surface area contributed by atoms with Crippen LogP contribution in [0.3, 0.4) is 0 Å². The predicted octanol–water partition coefficient (Wildman–Crippen LogP) is 2.80. The molecule has 1 aromatic carbocycles. The van der Waals surface area contributed by atoms with Crippen molar-refractivity contribution in [1.29, 1.82) is 0 Å². The first kappa shape index (κ1) is 14.0. The van der Waals surface area contributed by atoms with Crippen molar-refractivity contribution in [3.8, 4) is 0 Å². The molecule has 1 atom stereocenters. The summed E-state index contributed by atoms with van der Waals surface area (Å²) < 4.78 is 27.2. The van der Waals surface area contributed by atoms with Crippen molar-refractivity contribution < 1.29 is 18.7 Å². The van der Waals surface area contributed by atoms with Gasteiger partial charge in [-0.1, -0.05) is 23.4 Å². The van der Waals surface area contributed by atoms with Crippen LogP contribution in [0.1, 0.15) is 34.1 Å². The molecule has 1 aliphatic rings. The van der Waals surface area contributed by atoms with Crippen molar-refractivity contribution in [1.82, 2.24) is 15.0 Å². The van der Waals surface area contributed by atoms with Gasteiger partial charge >= 0.3 is 5.97 Å². The number of aromatic carboxylic acids is 1. The lowest BCUT2D eigenvalue weighted by atomic mass is 10.0. The molecule has 0 saturated heterocycles. The number of carboxylic acids is 1. The van der Waals surface area contributed by atoms with Crippen LogP contribution in [0.15, 0.2) is 29.2 Å². The summed E-state index contributed by atoms with van der Waals surface area (Å²) in [7, 11) is 0. The monoisotopic (exact) mass is 311 g/mol. The topological polar surface area (TPSA) is 68.0 Å². The van der Waals surface area contributed by atoms with Crippen molar-refractivity contribution in [2.75, 3.05) is 5.75 Å². The van der Waals surface area contributed by atoms with Crippen LogP contribution in [0.5, 0.6) is 0 Å². The number of alkyl halides is 2. The van der Waals surface area contributed by atoms with Crippen LogP contribution in [0.25, 0.3) is 0 Å². The number of rotatable bonds is 4. The Morgan fingerprint density at radius 1 is 1.48 bits per heavy atom. The van der Waals surface area contributed by atoms with Gasteiger partial charge in [0.15, 0.2) is 5.69 Å². The van der Waals surface area contributed by atoms with Gasteiger partial charge in [0.05, 0.1) is 6.54 Å². The molecule has 0 amide bonds. The van der Waals surface area contributed by atoms with E-state index in [1.54, 1.807) is 11.8 Å². The molecule has 110 valence electrons. The molecule has 0 aliphatic carbocycles. The van der Waals surface area contributed by atoms with E-state index in [0.717, 1.165) is 20.9 Å². The minimum atomic E-state index is -2.92. The SMILES string of the molecule is O=C(O)c1nnn(CC2CSc3ccccc32)c1C(F)F. The summed E-state index contributed by atoms with van der Waals surface area (Å²) in [5.41, 5.74) is -0.226. The molecule has 8 heteroatoms. The summed E-state index contributed by atoms with van der Waals surface area (Å²) in [6, 6.07) is 7.77. The third kappa shape index (κ3) is 2.51. The number of carbonyl (C=O) groups is 1. The van der Waals surface area contributed by atoms with Gasteiger partial charge < -0.3 is 5.11 Å². The van der Waals surface area contributed by atoms with Crippen LogP contribution >= 0.6 is 11.8 Å². The van der Waals surface area contributed by atoms with E-state index in [2.05, 4.69) is 10.3 Å². The van der Waals surface area contributed by atoms with Gasteiger partial charge in [-0.15, -0.1) is 16.9 Å². The summed E-state index contributed by atoms with van der Waals surface area (Å²) in [5.74, 6) is -0.714. The van der Waals surface area contributed by atoms with Crippen molar-refractivity contribution in [2.24, 2.45) is 0 Å². The van der Waals surface area contributed by atoms with Gasteiger partial charge in [0.1, 0.15) is 5.69 Å². The van der Waals surface area contributed by atoms with Crippen LogP contribution in [-0.4, -0.2) is 31.8 Å². The number of nitrogens with zero attached hydrogens (tertiary/aromatic N) is 3. The predicted molar refractivity (Wildman–Crippen MR) is 71.8 cm³/mol. The second-order valence-corrected chi connectivity index (χ2v) is 5.72. The van der Waals surface area contributed by atoms with Crippen LogP contribution in [0, 0.1) is 0 Å². The number of fused-ring (bicyclic) bond motifs is 1. The normalized spacial score (nSPS) is 17.2. The Bertz CT molecular complexity index is 690. The van der Waals surface area contributed by atoms with Crippen molar-refractivity contribution in [2.45, 2.75) is 23.8 Å². The molecule has 0 saturated carbocycles. The molecule has 21 heavy (non-hydrogen) atoms. The Kier molecular flexibility index (Phi) is 3.62. The van der Waals surface area contributed by atoms with Crippen molar-refractivity contribution in [3.63, 3.8) is 0 Å². The molecule has 0 bridgehead atoms. The number of thioether (sulfide) groups is 1. The Morgan fingerprint density at radius 3 is 2.95 bits per heavy atom. The molecule has 1 N–H and O–H groups in total. The van der Waals surface area contributed by atoms with Crippen LogP contribution in [0.2, 0.25) is 0 Å². The molecular weight excluding hydrogens is 300 g/mol. The molecule has 1 unspecified atom stereocenters. The molecule has 3 rings (SSSR count). The van der Waals surface area contributed by atoms with E-state index < -0.39 is 23.8 Å². The molecule has 0 radical (unpaired) electrons. The minimum Gasteiger partial charge on any atom is -0.476 e. The first-order valence-electron chi connectivity index (χ1n) is 6.24. The Labute approximate surface area is 123 Å². The number of aromatic nitrogens is 3. The third-order valence-corrected chi connectivity index (χ3v) is 4.63. The Morgan fingerprint density at radius 2 is 2.24 bits per heavy atom. The second-order valence-electron chi connectivity index (χ2n) is 4.66. The molecule has 0 fully saturated rings. The van der Waals surface area contributed by atoms with E-state index in [0.29, 0.717) is 0 Å². The second kappa shape index (κ2) is 5.44. The van der Waals surface area contributed by atoms with Crippen molar-refractivity contribution in [3.05, 3.63) is 41.2 Å². The van der Waals surface area contributed by atoms with Crippen LogP contribution in [0.4, 0.5) is 8.78 Å². The zero-order chi connectivity index (χ0) is 15.0. The Hall–Kier alpha value is -1.96. The summed E-state index contributed by atoms with van der Waals surface area (Å²) in [5, 5.41) is 15.8. The third-order valence-electron chi connectivity index (χ3n) is 3.37. The van der Waals surface area contributed by atoms with E-state index in [9.17, 15) is 13.6 Å². The van der Waals surface area contributed by atoms with Gasteiger partial charge in [-0.25, -0.2) is 18.3 Å². The highest BCUT2D eigenvalue weighted by Gasteiger charge is 2.30. The summed E-state index contributed by atoms with van der Waals surface area (Å²) in [4.78, 5) is 12.0. The first-order valence-corrected chi connectivity index (χ1v) is 7.23. The van der Waals surface area contributed by atoms with E-state index in [1.165, 1.54) is 0 Å². The molecule has 2 aromatic rings. The van der Waals surface area contributed by atoms with E-state index >= 15 is 0 Å². The van der Waals surface area contributed by atoms with Crippen molar-refractivity contribution >= 4 is 17.7 Å². The van der Waals surface area contributed by atoms with E-state index in [-0.39, 0.29) is 12.5 Å². The maximum absolute atomic E-state index is 13.1. The highest BCUT2D eigenvalue weighted by Crippen LogP contribution is 2.40. The van der Waals surface area contributed by atoms with Gasteiger partial charge in [-0.3, -0.25) is 0 Å². The van der Waals surface area contributed by atoms with Gasteiger partial charge in [0.2, 0.25) is 0 Å². The lowest BCUT2D eigenvalue weighted by molar-refractivity contribution is 0.0675. The Balaban J connectivity index is 1.91. The van der Waals surface area contributed by atoms with Crippen LogP contribution < -0.4 is 0 Å². The quantitative estimate of drug-likeness (QED) is 0.940. The lowest BCUT2D eigenvalue weighted by Gasteiger charge is -2.12. The number of benzene rings is 1. The molecular formula is C13H11F2N3O2S. The first-order chi connectivity index (χ1) is 10.1. The number of halogens is 2. The molecule has 1 aromatic heterocycles. The number of hydrogen-bond donors (Lipinski definition) is 1. The van der Waals surface area contributed by atoms with Crippen LogP contribution in [-0.2, 0) is 6.54 Å². The largest absolute Gasteiger partial charge is 0.476 e. The zero-order valence-electron chi connectivity index (χ0n) is 10.7. The molecule has 2 heterocycles. The highest BCUT2D eigenvalue weighted by molar-refractivity contribution is 7.99. The average molecular weight is 311 g/mol. The van der Waals surface area contributed by atoms with Gasteiger partial charge in [0, 0.05) is 16.6 Å². The number of hydrogen-bond acceptors (Lipinski definition) is 4. The van der Waals surface area contributed by atoms with E-state index in [1.807, 2.05) is 24.3 Å². The number of carboxylic acid groups (broad SMARTS) is 1. The summed E-state index contributed by atoms with van der Waals surface area (Å²) >= 11 is 1.66. The van der Waals surface area contributed by atoms with Gasteiger partial charge in [-0.2, -0.15) is 0 Å². The van der Waals surface area contributed by atoms with Gasteiger partial charge in [0.25, 0.3) is 6.43 Å². The molecule has 0 spiro atoms.